The maximum atomic E-state index is 10.6. The summed E-state index contributed by atoms with van der Waals surface area (Å²) in [7, 11) is 0. The molecular formula is C12H11NO3. The van der Waals surface area contributed by atoms with Crippen molar-refractivity contribution in [1.29, 1.82) is 0 Å². The molecule has 0 amide bonds. The largest absolute Gasteiger partial charge is 0.455 e. The van der Waals surface area contributed by atoms with E-state index in [4.69, 9.17) is 4.42 Å². The Kier molecular flexibility index (Phi) is 2.72. The van der Waals surface area contributed by atoms with Crippen molar-refractivity contribution >= 4 is 22.7 Å². The fourth-order valence-corrected chi connectivity index (χ4v) is 1.34. The van der Waals surface area contributed by atoms with Gasteiger partial charge in [0.1, 0.15) is 11.3 Å². The van der Waals surface area contributed by atoms with Gasteiger partial charge in [0, 0.05) is 12.3 Å². The minimum Gasteiger partial charge on any atom is -0.455 e. The fourth-order valence-electron chi connectivity index (χ4n) is 1.34. The molecule has 1 heterocycles. The van der Waals surface area contributed by atoms with Crippen LogP contribution < -0.4 is 0 Å². The van der Waals surface area contributed by atoms with E-state index in [-0.39, 0.29) is 0 Å². The van der Waals surface area contributed by atoms with Gasteiger partial charge in [0.15, 0.2) is 5.76 Å². The minimum atomic E-state index is -0.449. The highest BCUT2D eigenvalue weighted by atomic mass is 16.7. The molecule has 4 heteroatoms. The summed E-state index contributed by atoms with van der Waals surface area (Å²) in [5, 5.41) is 4.66. The van der Waals surface area contributed by atoms with E-state index in [1.165, 1.54) is 6.92 Å². The van der Waals surface area contributed by atoms with E-state index < -0.39 is 5.97 Å². The van der Waals surface area contributed by atoms with Crippen LogP contribution in [-0.4, -0.2) is 11.7 Å². The number of fused-ring (bicyclic) bond motifs is 1. The van der Waals surface area contributed by atoms with Crippen LogP contribution in [0.25, 0.3) is 11.0 Å². The number of carbonyl (C=O) groups excluding carboxylic acids is 1. The smallest absolute Gasteiger partial charge is 0.331 e. The lowest BCUT2D eigenvalue weighted by molar-refractivity contribution is -0.140. The molecule has 2 aromatic rings. The lowest BCUT2D eigenvalue weighted by Crippen LogP contribution is -1.97. The zero-order chi connectivity index (χ0) is 11.5. The van der Waals surface area contributed by atoms with Crippen molar-refractivity contribution in [3.8, 4) is 0 Å². The molecule has 0 bridgehead atoms. The molecule has 0 spiro atoms. The van der Waals surface area contributed by atoms with Gasteiger partial charge in [0.25, 0.3) is 0 Å². The second-order valence-electron chi connectivity index (χ2n) is 3.41. The monoisotopic (exact) mass is 217 g/mol. The van der Waals surface area contributed by atoms with Gasteiger partial charge in [-0.2, -0.15) is 0 Å². The molecule has 1 aromatic heterocycles. The maximum Gasteiger partial charge on any atom is 0.331 e. The Morgan fingerprint density at radius 1 is 1.31 bits per heavy atom. The Hall–Kier alpha value is -2.10. The van der Waals surface area contributed by atoms with Crippen LogP contribution in [0.2, 0.25) is 0 Å². The van der Waals surface area contributed by atoms with Gasteiger partial charge >= 0.3 is 5.97 Å². The average molecular weight is 217 g/mol. The lowest BCUT2D eigenvalue weighted by Gasteiger charge is -1.93. The molecule has 0 unspecified atom stereocenters. The van der Waals surface area contributed by atoms with Crippen molar-refractivity contribution in [3.63, 3.8) is 0 Å². The van der Waals surface area contributed by atoms with Gasteiger partial charge in [-0.3, -0.25) is 0 Å². The first-order chi connectivity index (χ1) is 7.66. The number of rotatable bonds is 2. The van der Waals surface area contributed by atoms with Crippen molar-refractivity contribution in [2.24, 2.45) is 5.16 Å². The van der Waals surface area contributed by atoms with Crippen LogP contribution in [0.15, 0.2) is 39.9 Å². The molecule has 0 radical (unpaired) electrons. The van der Waals surface area contributed by atoms with Crippen molar-refractivity contribution in [3.05, 3.63) is 36.1 Å². The first-order valence-electron chi connectivity index (χ1n) is 4.88. The molecule has 16 heavy (non-hydrogen) atoms. The predicted molar refractivity (Wildman–Crippen MR) is 60.2 cm³/mol. The summed E-state index contributed by atoms with van der Waals surface area (Å²) < 4.78 is 5.54. The quantitative estimate of drug-likeness (QED) is 0.441. The lowest BCUT2D eigenvalue weighted by atomic mass is 10.2. The molecule has 1 aromatic carbocycles. The van der Waals surface area contributed by atoms with E-state index in [9.17, 15) is 4.79 Å². The highest BCUT2D eigenvalue weighted by molar-refractivity contribution is 5.99. The standard InChI is InChI=1S/C12H11NO3/c1-8(13-16-9(2)14)12-7-10-5-3-4-6-11(10)15-12/h3-7H,1-2H3/b13-8+. The molecule has 0 aliphatic rings. The molecule has 0 aliphatic carbocycles. The summed E-state index contributed by atoms with van der Waals surface area (Å²) in [5.41, 5.74) is 1.32. The maximum absolute atomic E-state index is 10.6. The minimum absolute atomic E-state index is 0.449. The van der Waals surface area contributed by atoms with E-state index in [1.54, 1.807) is 6.92 Å². The second kappa shape index (κ2) is 4.18. The van der Waals surface area contributed by atoms with Gasteiger partial charge in [-0.05, 0) is 19.1 Å². The molecule has 4 nitrogen and oxygen atoms in total. The number of para-hydroxylation sites is 1. The Balaban J connectivity index is 2.33. The molecule has 2 rings (SSSR count). The van der Waals surface area contributed by atoms with Gasteiger partial charge in [-0.1, -0.05) is 23.4 Å². The van der Waals surface area contributed by atoms with E-state index in [0.717, 1.165) is 11.0 Å². The first-order valence-corrected chi connectivity index (χ1v) is 4.88. The number of hydrogen-bond donors (Lipinski definition) is 0. The molecule has 82 valence electrons. The summed E-state index contributed by atoms with van der Waals surface area (Å²) in [6, 6.07) is 9.51. The number of benzene rings is 1. The van der Waals surface area contributed by atoms with Gasteiger partial charge in [0.2, 0.25) is 0 Å². The van der Waals surface area contributed by atoms with Crippen molar-refractivity contribution in [2.75, 3.05) is 0 Å². The van der Waals surface area contributed by atoms with Crippen molar-refractivity contribution in [2.45, 2.75) is 13.8 Å². The summed E-state index contributed by atoms with van der Waals surface area (Å²) in [4.78, 5) is 15.1. The van der Waals surface area contributed by atoms with Crippen LogP contribution in [0.5, 0.6) is 0 Å². The van der Waals surface area contributed by atoms with E-state index in [1.807, 2.05) is 30.3 Å². The van der Waals surface area contributed by atoms with Gasteiger partial charge in [-0.15, -0.1) is 0 Å². The van der Waals surface area contributed by atoms with Gasteiger partial charge in [-0.25, -0.2) is 4.79 Å². The zero-order valence-corrected chi connectivity index (χ0v) is 9.06. The summed E-state index contributed by atoms with van der Waals surface area (Å²) >= 11 is 0. The van der Waals surface area contributed by atoms with Crippen LogP contribution in [0.3, 0.4) is 0 Å². The first kappa shape index (κ1) is 10.4. The third-order valence-electron chi connectivity index (χ3n) is 2.09. The average Bonchev–Trinajstić information content (AvgIpc) is 2.69. The molecule has 0 aliphatic heterocycles. The third-order valence-corrected chi connectivity index (χ3v) is 2.09. The van der Waals surface area contributed by atoms with Crippen molar-refractivity contribution < 1.29 is 14.0 Å². The van der Waals surface area contributed by atoms with Crippen LogP contribution in [-0.2, 0) is 9.63 Å². The molecule has 0 atom stereocenters. The number of hydrogen-bond acceptors (Lipinski definition) is 4. The fraction of sp³-hybridized carbons (Fsp3) is 0.167. The highest BCUT2D eigenvalue weighted by Gasteiger charge is 2.06. The summed E-state index contributed by atoms with van der Waals surface area (Å²) in [5.74, 6) is 0.151. The van der Waals surface area contributed by atoms with Gasteiger partial charge in [0.05, 0.1) is 0 Å². The number of carbonyl (C=O) groups is 1. The SMILES string of the molecule is CC(=O)O/N=C(\C)c1cc2ccccc2o1. The summed E-state index contributed by atoms with van der Waals surface area (Å²) in [6.45, 7) is 3.02. The normalized spacial score (nSPS) is 11.8. The Morgan fingerprint density at radius 3 is 2.75 bits per heavy atom. The zero-order valence-electron chi connectivity index (χ0n) is 9.06. The summed E-state index contributed by atoms with van der Waals surface area (Å²) in [6.07, 6.45) is 0. The molecule has 0 fully saturated rings. The van der Waals surface area contributed by atoms with E-state index in [2.05, 4.69) is 9.99 Å². The number of furan rings is 1. The van der Waals surface area contributed by atoms with Crippen LogP contribution in [0.1, 0.15) is 19.6 Å². The van der Waals surface area contributed by atoms with Crippen molar-refractivity contribution in [1.82, 2.24) is 0 Å². The topological polar surface area (TPSA) is 51.8 Å². The molecular weight excluding hydrogens is 206 g/mol. The molecule has 0 saturated heterocycles. The van der Waals surface area contributed by atoms with Crippen LogP contribution >= 0.6 is 0 Å². The second-order valence-corrected chi connectivity index (χ2v) is 3.41. The highest BCUT2D eigenvalue weighted by Crippen LogP contribution is 2.19. The third kappa shape index (κ3) is 2.11. The predicted octanol–water partition coefficient (Wildman–Crippen LogP) is 2.72. The van der Waals surface area contributed by atoms with Crippen LogP contribution in [0, 0.1) is 0 Å². The molecule has 0 saturated carbocycles. The van der Waals surface area contributed by atoms with E-state index in [0.29, 0.717) is 11.5 Å². The van der Waals surface area contributed by atoms with Gasteiger partial charge < -0.3 is 9.25 Å². The Bertz CT molecular complexity index is 521. The van der Waals surface area contributed by atoms with E-state index >= 15 is 0 Å². The Labute approximate surface area is 92.5 Å². The number of nitrogens with zero attached hydrogens (tertiary/aromatic N) is 1. The molecule has 0 N–H and O–H groups in total. The van der Waals surface area contributed by atoms with Crippen LogP contribution in [0.4, 0.5) is 0 Å². The number of oxime groups is 1. The Morgan fingerprint density at radius 2 is 2.06 bits per heavy atom.